The van der Waals surface area contributed by atoms with Gasteiger partial charge in [0, 0.05) is 19.3 Å². The minimum absolute atomic E-state index is 0.0645. The first-order chi connectivity index (χ1) is 11.2. The van der Waals surface area contributed by atoms with Crippen molar-refractivity contribution in [2.75, 3.05) is 6.61 Å². The minimum atomic E-state index is -0.302. The fourth-order valence-corrected chi connectivity index (χ4v) is 2.91. The highest BCUT2D eigenvalue weighted by Crippen LogP contribution is 2.18. The summed E-state index contributed by atoms with van der Waals surface area (Å²) in [5.41, 5.74) is 3.23. The molecule has 1 unspecified atom stereocenters. The Labute approximate surface area is 137 Å². The summed E-state index contributed by atoms with van der Waals surface area (Å²) in [5.74, 6) is 0.0645. The molecule has 1 aliphatic rings. The summed E-state index contributed by atoms with van der Waals surface area (Å²) < 4.78 is 5.58. The Kier molecular flexibility index (Phi) is 5.03. The van der Waals surface area contributed by atoms with E-state index in [2.05, 4.69) is 30.1 Å². The van der Waals surface area contributed by atoms with Crippen LogP contribution in [-0.4, -0.2) is 28.5 Å². The number of carbonyl (C=O) groups is 1. The van der Waals surface area contributed by atoms with Crippen molar-refractivity contribution in [2.45, 2.75) is 39.0 Å². The van der Waals surface area contributed by atoms with Gasteiger partial charge in [-0.25, -0.2) is 0 Å². The quantitative estimate of drug-likeness (QED) is 0.852. The van der Waals surface area contributed by atoms with Crippen LogP contribution >= 0.6 is 0 Å². The number of aryl methyl sites for hydroxylation is 1. The second-order valence-electron chi connectivity index (χ2n) is 6.01. The number of aromatic nitrogens is 1. The summed E-state index contributed by atoms with van der Waals surface area (Å²) in [7, 11) is 0. The van der Waals surface area contributed by atoms with Crippen LogP contribution in [0.2, 0.25) is 0 Å². The average molecular weight is 310 g/mol. The van der Waals surface area contributed by atoms with Crippen molar-refractivity contribution in [3.63, 3.8) is 0 Å². The van der Waals surface area contributed by atoms with Crippen LogP contribution < -0.4 is 0 Å². The van der Waals surface area contributed by atoms with Gasteiger partial charge in [0.1, 0.15) is 6.10 Å². The molecule has 0 N–H and O–H groups in total. The zero-order valence-electron chi connectivity index (χ0n) is 13.4. The van der Waals surface area contributed by atoms with Gasteiger partial charge >= 0.3 is 0 Å². The van der Waals surface area contributed by atoms with Gasteiger partial charge in [-0.05, 0) is 37.5 Å². The van der Waals surface area contributed by atoms with Gasteiger partial charge in [-0.15, -0.1) is 0 Å². The van der Waals surface area contributed by atoms with Gasteiger partial charge in [0.05, 0.1) is 12.2 Å². The molecule has 1 fully saturated rings. The van der Waals surface area contributed by atoms with E-state index in [1.165, 1.54) is 5.56 Å². The molecule has 4 heteroatoms. The topological polar surface area (TPSA) is 42.4 Å². The van der Waals surface area contributed by atoms with Gasteiger partial charge in [0.2, 0.25) is 0 Å². The Morgan fingerprint density at radius 2 is 2.17 bits per heavy atom. The van der Waals surface area contributed by atoms with Gasteiger partial charge < -0.3 is 9.64 Å². The third-order valence-electron chi connectivity index (χ3n) is 4.05. The zero-order chi connectivity index (χ0) is 16.1. The predicted octanol–water partition coefficient (Wildman–Crippen LogP) is 3.10. The van der Waals surface area contributed by atoms with E-state index in [1.54, 1.807) is 6.20 Å². The van der Waals surface area contributed by atoms with E-state index in [0.717, 1.165) is 24.1 Å². The number of hydrogen-bond donors (Lipinski definition) is 0. The Hall–Kier alpha value is -2.20. The molecule has 2 heterocycles. The van der Waals surface area contributed by atoms with Gasteiger partial charge in [-0.3, -0.25) is 9.78 Å². The molecule has 0 aliphatic carbocycles. The summed E-state index contributed by atoms with van der Waals surface area (Å²) in [6, 6.07) is 14.1. The third-order valence-corrected chi connectivity index (χ3v) is 4.05. The molecule has 0 saturated carbocycles. The van der Waals surface area contributed by atoms with Crippen molar-refractivity contribution < 1.29 is 9.53 Å². The van der Waals surface area contributed by atoms with Crippen molar-refractivity contribution in [2.24, 2.45) is 0 Å². The first-order valence-corrected chi connectivity index (χ1v) is 8.08. The Bertz CT molecular complexity index is 651. The molecular weight excluding hydrogens is 288 g/mol. The zero-order valence-corrected chi connectivity index (χ0v) is 13.4. The maximum Gasteiger partial charge on any atom is 0.252 e. The van der Waals surface area contributed by atoms with E-state index in [4.69, 9.17) is 4.74 Å². The van der Waals surface area contributed by atoms with E-state index >= 15 is 0 Å². The van der Waals surface area contributed by atoms with Crippen LogP contribution in [0.3, 0.4) is 0 Å². The van der Waals surface area contributed by atoms with Crippen LogP contribution in [0.4, 0.5) is 0 Å². The van der Waals surface area contributed by atoms with Gasteiger partial charge in [-0.2, -0.15) is 0 Å². The van der Waals surface area contributed by atoms with Gasteiger partial charge in [0.25, 0.3) is 5.91 Å². The number of nitrogens with zero attached hydrogens (tertiary/aromatic N) is 2. The van der Waals surface area contributed by atoms with Gasteiger partial charge in [0.15, 0.2) is 0 Å². The summed E-state index contributed by atoms with van der Waals surface area (Å²) in [4.78, 5) is 19.0. The van der Waals surface area contributed by atoms with Crippen LogP contribution in [0, 0.1) is 6.92 Å². The second kappa shape index (κ2) is 7.38. The summed E-state index contributed by atoms with van der Waals surface area (Å²) >= 11 is 0. The largest absolute Gasteiger partial charge is 0.368 e. The number of hydrogen-bond acceptors (Lipinski definition) is 3. The first kappa shape index (κ1) is 15.7. The molecule has 23 heavy (non-hydrogen) atoms. The molecule has 0 bridgehead atoms. The van der Waals surface area contributed by atoms with Gasteiger partial charge in [-0.1, -0.05) is 35.9 Å². The van der Waals surface area contributed by atoms with Crippen molar-refractivity contribution in [3.8, 4) is 0 Å². The fourth-order valence-electron chi connectivity index (χ4n) is 2.91. The van der Waals surface area contributed by atoms with E-state index in [-0.39, 0.29) is 12.0 Å². The molecule has 1 saturated heterocycles. The minimum Gasteiger partial charge on any atom is -0.368 e. The van der Waals surface area contributed by atoms with Crippen molar-refractivity contribution in [3.05, 3.63) is 65.5 Å². The predicted molar refractivity (Wildman–Crippen MR) is 88.6 cm³/mol. The Balaban J connectivity index is 1.78. The molecule has 1 atom stereocenters. The maximum atomic E-state index is 12.8. The second-order valence-corrected chi connectivity index (χ2v) is 6.01. The Morgan fingerprint density at radius 1 is 1.26 bits per heavy atom. The number of amides is 1. The van der Waals surface area contributed by atoms with E-state index < -0.39 is 0 Å². The van der Waals surface area contributed by atoms with Crippen molar-refractivity contribution in [1.82, 2.24) is 9.88 Å². The monoisotopic (exact) mass is 310 g/mol. The number of benzene rings is 1. The first-order valence-electron chi connectivity index (χ1n) is 8.08. The van der Waals surface area contributed by atoms with E-state index in [1.807, 2.05) is 29.2 Å². The number of pyridine rings is 1. The smallest absolute Gasteiger partial charge is 0.252 e. The number of ether oxygens (including phenoxy) is 1. The summed E-state index contributed by atoms with van der Waals surface area (Å²) in [5, 5.41) is 0. The van der Waals surface area contributed by atoms with E-state index in [0.29, 0.717) is 19.7 Å². The van der Waals surface area contributed by atoms with Crippen molar-refractivity contribution >= 4 is 5.91 Å². The molecule has 120 valence electrons. The van der Waals surface area contributed by atoms with Crippen LogP contribution in [0.5, 0.6) is 0 Å². The molecule has 4 nitrogen and oxygen atoms in total. The summed E-state index contributed by atoms with van der Waals surface area (Å²) in [6.45, 7) is 3.83. The molecule has 1 aromatic heterocycles. The number of rotatable bonds is 5. The van der Waals surface area contributed by atoms with Crippen molar-refractivity contribution in [1.29, 1.82) is 0 Å². The standard InChI is InChI=1S/C19H22N2O2/c1-15-6-4-7-16(12-15)13-21(14-17-8-2-3-10-20-17)19(22)18-9-5-11-23-18/h2-4,6-8,10,12,18H,5,9,11,13-14H2,1H3. The van der Waals surface area contributed by atoms with Crippen LogP contribution in [0.1, 0.15) is 29.7 Å². The maximum absolute atomic E-state index is 12.8. The van der Waals surface area contributed by atoms with E-state index in [9.17, 15) is 4.79 Å². The highest BCUT2D eigenvalue weighted by atomic mass is 16.5. The normalized spacial score (nSPS) is 17.2. The highest BCUT2D eigenvalue weighted by Gasteiger charge is 2.28. The molecule has 1 amide bonds. The average Bonchev–Trinajstić information content (AvgIpc) is 3.09. The van der Waals surface area contributed by atoms with Crippen LogP contribution in [0.25, 0.3) is 0 Å². The third kappa shape index (κ3) is 4.17. The summed E-state index contributed by atoms with van der Waals surface area (Å²) in [6.07, 6.45) is 3.23. The molecule has 2 aromatic rings. The fraction of sp³-hybridized carbons (Fsp3) is 0.368. The lowest BCUT2D eigenvalue weighted by Crippen LogP contribution is -2.38. The molecule has 0 spiro atoms. The molecule has 0 radical (unpaired) electrons. The lowest BCUT2D eigenvalue weighted by molar-refractivity contribution is -0.142. The SMILES string of the molecule is Cc1cccc(CN(Cc2ccccn2)C(=O)C2CCCO2)c1. The molecular formula is C19H22N2O2. The van der Waals surface area contributed by atoms with Crippen LogP contribution in [-0.2, 0) is 22.6 Å². The lowest BCUT2D eigenvalue weighted by Gasteiger charge is -2.25. The molecule has 3 rings (SSSR count). The molecule has 1 aromatic carbocycles. The molecule has 1 aliphatic heterocycles. The lowest BCUT2D eigenvalue weighted by atomic mass is 10.1. The van der Waals surface area contributed by atoms with Crippen LogP contribution in [0.15, 0.2) is 48.7 Å². The highest BCUT2D eigenvalue weighted by molar-refractivity contribution is 5.81. The number of carbonyl (C=O) groups excluding carboxylic acids is 1. The Morgan fingerprint density at radius 3 is 2.87 bits per heavy atom.